The van der Waals surface area contributed by atoms with Crippen molar-refractivity contribution in [2.24, 2.45) is 0 Å². The quantitative estimate of drug-likeness (QED) is 0.889. The predicted molar refractivity (Wildman–Crippen MR) is 68.4 cm³/mol. The van der Waals surface area contributed by atoms with Crippen molar-refractivity contribution in [2.75, 3.05) is 13.2 Å². The Labute approximate surface area is 107 Å². The van der Waals surface area contributed by atoms with Crippen molar-refractivity contribution in [3.05, 3.63) is 35.4 Å². The van der Waals surface area contributed by atoms with Crippen LogP contribution in [0.25, 0.3) is 0 Å². The highest BCUT2D eigenvalue weighted by Gasteiger charge is 2.32. The van der Waals surface area contributed by atoms with E-state index in [1.54, 1.807) is 6.07 Å². The highest BCUT2D eigenvalue weighted by Crippen LogP contribution is 2.21. The molecule has 0 bridgehead atoms. The van der Waals surface area contributed by atoms with E-state index >= 15 is 0 Å². The summed E-state index contributed by atoms with van der Waals surface area (Å²) in [7, 11) is 0. The third-order valence-corrected chi connectivity index (χ3v) is 2.84. The third kappa shape index (κ3) is 3.31. The van der Waals surface area contributed by atoms with Gasteiger partial charge >= 0.3 is 0 Å². The zero-order valence-corrected chi connectivity index (χ0v) is 11.0. The number of hydrogen-bond donors (Lipinski definition) is 1. The largest absolute Gasteiger partial charge is 0.349 e. The van der Waals surface area contributed by atoms with E-state index in [1.165, 1.54) is 0 Å². The van der Waals surface area contributed by atoms with Crippen LogP contribution >= 0.6 is 0 Å². The maximum absolute atomic E-state index is 11.9. The first-order valence-corrected chi connectivity index (χ1v) is 6.13. The molecule has 18 heavy (non-hydrogen) atoms. The number of carbonyl (C=O) groups is 1. The molecule has 0 saturated carbocycles. The Hall–Kier alpha value is -1.39. The van der Waals surface area contributed by atoms with E-state index in [9.17, 15) is 4.79 Å². The number of rotatable bonds is 3. The summed E-state index contributed by atoms with van der Waals surface area (Å²) in [4.78, 5) is 11.9. The van der Waals surface area contributed by atoms with E-state index in [0.29, 0.717) is 18.7 Å². The molecule has 1 aliphatic rings. The maximum atomic E-state index is 11.9. The zero-order valence-electron chi connectivity index (χ0n) is 11.0. The van der Waals surface area contributed by atoms with Gasteiger partial charge in [0.05, 0.1) is 6.61 Å². The molecular weight excluding hydrogens is 230 g/mol. The highest BCUT2D eigenvalue weighted by atomic mass is 16.7. The Kier molecular flexibility index (Phi) is 3.68. The van der Waals surface area contributed by atoms with Crippen LogP contribution in [0, 0.1) is 6.92 Å². The first kappa shape index (κ1) is 13.1. The standard InChI is InChI=1S/C14H19NO3/c1-10-5-4-6-11(7-10)13(16)15-8-12-9-17-14(2,3)18-12/h4-7,12H,8-9H2,1-3H3,(H,15,16). The molecule has 4 heteroatoms. The molecule has 1 aromatic rings. The van der Waals surface area contributed by atoms with Gasteiger partial charge in [0.25, 0.3) is 5.91 Å². The summed E-state index contributed by atoms with van der Waals surface area (Å²) in [5.41, 5.74) is 1.75. The van der Waals surface area contributed by atoms with Crippen molar-refractivity contribution in [3.63, 3.8) is 0 Å². The van der Waals surface area contributed by atoms with Gasteiger partial charge < -0.3 is 14.8 Å². The lowest BCUT2D eigenvalue weighted by molar-refractivity contribution is -0.137. The Bertz CT molecular complexity index is 442. The summed E-state index contributed by atoms with van der Waals surface area (Å²) in [6.45, 7) is 6.69. The fraction of sp³-hybridized carbons (Fsp3) is 0.500. The minimum atomic E-state index is -0.543. The summed E-state index contributed by atoms with van der Waals surface area (Å²) < 4.78 is 11.1. The average Bonchev–Trinajstić information content (AvgIpc) is 2.66. The van der Waals surface area contributed by atoms with Crippen LogP contribution < -0.4 is 5.32 Å². The van der Waals surface area contributed by atoms with Crippen molar-refractivity contribution >= 4 is 5.91 Å². The maximum Gasteiger partial charge on any atom is 0.251 e. The van der Waals surface area contributed by atoms with E-state index in [4.69, 9.17) is 9.47 Å². The summed E-state index contributed by atoms with van der Waals surface area (Å²) in [6.07, 6.45) is -0.0752. The third-order valence-electron chi connectivity index (χ3n) is 2.84. The normalized spacial score (nSPS) is 21.8. The monoisotopic (exact) mass is 249 g/mol. The first-order chi connectivity index (χ1) is 8.46. The van der Waals surface area contributed by atoms with Crippen LogP contribution in [-0.4, -0.2) is 30.9 Å². The minimum Gasteiger partial charge on any atom is -0.349 e. The highest BCUT2D eigenvalue weighted by molar-refractivity contribution is 5.94. The molecule has 1 fully saturated rings. The molecule has 0 spiro atoms. The number of nitrogens with one attached hydrogen (secondary N) is 1. The SMILES string of the molecule is Cc1cccc(C(=O)NCC2COC(C)(C)O2)c1. The molecule has 2 rings (SSSR count). The number of benzene rings is 1. The first-order valence-electron chi connectivity index (χ1n) is 6.13. The Morgan fingerprint density at radius 2 is 2.28 bits per heavy atom. The Morgan fingerprint density at radius 1 is 1.50 bits per heavy atom. The second-order valence-electron chi connectivity index (χ2n) is 5.03. The molecular formula is C14H19NO3. The van der Waals surface area contributed by atoms with Gasteiger partial charge in [0.15, 0.2) is 5.79 Å². The lowest BCUT2D eigenvalue weighted by Crippen LogP contribution is -2.34. The number of hydrogen-bond acceptors (Lipinski definition) is 3. The molecule has 98 valence electrons. The van der Waals surface area contributed by atoms with Gasteiger partial charge in [-0.1, -0.05) is 17.7 Å². The summed E-state index contributed by atoms with van der Waals surface area (Å²) in [5.74, 6) is -0.620. The number of amides is 1. The summed E-state index contributed by atoms with van der Waals surface area (Å²) >= 11 is 0. The zero-order chi connectivity index (χ0) is 13.2. The fourth-order valence-electron chi connectivity index (χ4n) is 1.96. The lowest BCUT2D eigenvalue weighted by atomic mass is 10.1. The van der Waals surface area contributed by atoms with E-state index < -0.39 is 5.79 Å². The van der Waals surface area contributed by atoms with E-state index in [1.807, 2.05) is 39.0 Å². The van der Waals surface area contributed by atoms with Crippen molar-refractivity contribution in [1.29, 1.82) is 0 Å². The average molecular weight is 249 g/mol. The van der Waals surface area contributed by atoms with Crippen LogP contribution in [0.4, 0.5) is 0 Å². The molecule has 1 heterocycles. The van der Waals surface area contributed by atoms with Crippen LogP contribution in [0.5, 0.6) is 0 Å². The van der Waals surface area contributed by atoms with Gasteiger partial charge in [-0.15, -0.1) is 0 Å². The number of carbonyl (C=O) groups excluding carboxylic acids is 1. The van der Waals surface area contributed by atoms with Gasteiger partial charge in [0.2, 0.25) is 0 Å². The molecule has 0 aromatic heterocycles. The van der Waals surface area contributed by atoms with Gasteiger partial charge in [-0.05, 0) is 32.9 Å². The van der Waals surface area contributed by atoms with E-state index in [2.05, 4.69) is 5.32 Å². The smallest absolute Gasteiger partial charge is 0.251 e. The number of aryl methyl sites for hydroxylation is 1. The van der Waals surface area contributed by atoms with Crippen molar-refractivity contribution < 1.29 is 14.3 Å². The van der Waals surface area contributed by atoms with Crippen LogP contribution in [-0.2, 0) is 9.47 Å². The second-order valence-corrected chi connectivity index (χ2v) is 5.03. The fourth-order valence-corrected chi connectivity index (χ4v) is 1.96. The van der Waals surface area contributed by atoms with Gasteiger partial charge in [-0.2, -0.15) is 0 Å². The molecule has 0 radical (unpaired) electrons. The van der Waals surface area contributed by atoms with E-state index in [-0.39, 0.29) is 12.0 Å². The van der Waals surface area contributed by atoms with E-state index in [0.717, 1.165) is 5.56 Å². The predicted octanol–water partition coefficient (Wildman–Crippen LogP) is 1.88. The van der Waals surface area contributed by atoms with Crippen LogP contribution in [0.15, 0.2) is 24.3 Å². The summed E-state index contributed by atoms with van der Waals surface area (Å²) in [5, 5.41) is 2.86. The molecule has 1 N–H and O–H groups in total. The second kappa shape index (κ2) is 5.08. The molecule has 1 saturated heterocycles. The minimum absolute atomic E-state index is 0.0752. The van der Waals surface area contributed by atoms with Crippen molar-refractivity contribution in [3.8, 4) is 0 Å². The Morgan fingerprint density at radius 3 is 2.89 bits per heavy atom. The molecule has 4 nitrogen and oxygen atoms in total. The molecule has 1 aliphatic heterocycles. The molecule has 0 aliphatic carbocycles. The topological polar surface area (TPSA) is 47.6 Å². The Balaban J connectivity index is 1.86. The van der Waals surface area contributed by atoms with Crippen LogP contribution in [0.1, 0.15) is 29.8 Å². The van der Waals surface area contributed by atoms with Crippen molar-refractivity contribution in [2.45, 2.75) is 32.7 Å². The van der Waals surface area contributed by atoms with Gasteiger partial charge in [0.1, 0.15) is 6.10 Å². The lowest BCUT2D eigenvalue weighted by Gasteiger charge is -2.17. The van der Waals surface area contributed by atoms with Crippen LogP contribution in [0.2, 0.25) is 0 Å². The molecule has 1 unspecified atom stereocenters. The van der Waals surface area contributed by atoms with Gasteiger partial charge in [-0.25, -0.2) is 0 Å². The van der Waals surface area contributed by atoms with Crippen molar-refractivity contribution in [1.82, 2.24) is 5.32 Å². The van der Waals surface area contributed by atoms with Gasteiger partial charge in [-0.3, -0.25) is 4.79 Å². The molecule has 1 atom stereocenters. The van der Waals surface area contributed by atoms with Gasteiger partial charge in [0, 0.05) is 12.1 Å². The molecule has 1 aromatic carbocycles. The summed E-state index contributed by atoms with van der Waals surface area (Å²) in [6, 6.07) is 7.51. The van der Waals surface area contributed by atoms with Crippen LogP contribution in [0.3, 0.4) is 0 Å². The molecule has 1 amide bonds. The number of ether oxygens (including phenoxy) is 2.